The second kappa shape index (κ2) is 9.36. The van der Waals surface area contributed by atoms with Gasteiger partial charge in [0.05, 0.1) is 11.6 Å². The van der Waals surface area contributed by atoms with Crippen molar-refractivity contribution in [3.05, 3.63) is 77.5 Å². The number of hydrogen-bond acceptors (Lipinski definition) is 6. The molecule has 0 unspecified atom stereocenters. The highest BCUT2D eigenvalue weighted by Crippen LogP contribution is 2.39. The van der Waals surface area contributed by atoms with Gasteiger partial charge in [-0.1, -0.05) is 32.0 Å². The summed E-state index contributed by atoms with van der Waals surface area (Å²) >= 11 is 0. The van der Waals surface area contributed by atoms with Crippen molar-refractivity contribution >= 4 is 22.7 Å². The summed E-state index contributed by atoms with van der Waals surface area (Å²) in [5.41, 5.74) is 1.35. The molecule has 166 valence electrons. The number of amides is 1. The highest BCUT2D eigenvalue weighted by molar-refractivity contribution is 6.16. The minimum absolute atomic E-state index is 0.0445. The van der Waals surface area contributed by atoms with Crippen LogP contribution >= 0.6 is 0 Å². The summed E-state index contributed by atoms with van der Waals surface area (Å²) in [5, 5.41) is 11.6. The summed E-state index contributed by atoms with van der Waals surface area (Å²) in [7, 11) is 0. The molecule has 1 N–H and O–H groups in total. The molecule has 32 heavy (non-hydrogen) atoms. The number of pyridine rings is 1. The van der Waals surface area contributed by atoms with Crippen molar-refractivity contribution < 1.29 is 19.1 Å². The second-order valence-electron chi connectivity index (χ2n) is 7.80. The molecule has 7 nitrogen and oxygen atoms in total. The summed E-state index contributed by atoms with van der Waals surface area (Å²) in [6.07, 6.45) is 3.97. The number of nitrogens with zero attached hydrogens (tertiary/aromatic N) is 3. The number of aromatic nitrogens is 1. The number of carbonyl (C=O) groups excluding carboxylic acids is 2. The Kier molecular flexibility index (Phi) is 6.37. The van der Waals surface area contributed by atoms with Gasteiger partial charge in [-0.05, 0) is 55.9 Å². The maximum Gasteiger partial charge on any atom is 0.290 e. The molecule has 3 heterocycles. The van der Waals surface area contributed by atoms with E-state index in [9.17, 15) is 14.7 Å². The number of para-hydroxylation sites is 1. The lowest BCUT2D eigenvalue weighted by molar-refractivity contribution is -0.129. The third-order valence-corrected chi connectivity index (χ3v) is 5.99. The van der Waals surface area contributed by atoms with Crippen LogP contribution in [0.2, 0.25) is 0 Å². The Balaban J connectivity index is 1.67. The van der Waals surface area contributed by atoms with Gasteiger partial charge in [0, 0.05) is 24.3 Å². The first kappa shape index (κ1) is 21.8. The Morgan fingerprint density at radius 1 is 1.16 bits per heavy atom. The van der Waals surface area contributed by atoms with Gasteiger partial charge >= 0.3 is 0 Å². The van der Waals surface area contributed by atoms with Gasteiger partial charge in [-0.15, -0.1) is 0 Å². The molecule has 3 aromatic rings. The lowest BCUT2D eigenvalue weighted by Gasteiger charge is -2.27. The molecule has 0 radical (unpaired) electrons. The SMILES string of the molecule is CCN(CC)CCCN1C(=O)C(O)=C(C(=O)c2cc3ccccc3o2)[C@@H]1c1ccncc1. The number of hydrogen-bond donors (Lipinski definition) is 1. The molecule has 1 atom stereocenters. The lowest BCUT2D eigenvalue weighted by Crippen LogP contribution is -2.34. The molecule has 1 aliphatic rings. The van der Waals surface area contributed by atoms with E-state index < -0.39 is 23.5 Å². The molecule has 0 fully saturated rings. The maximum absolute atomic E-state index is 13.5. The van der Waals surface area contributed by atoms with E-state index in [4.69, 9.17) is 4.42 Å². The fraction of sp³-hybridized carbons (Fsp3) is 0.320. The molecule has 2 aromatic heterocycles. The molecular weight excluding hydrogens is 406 g/mol. The Labute approximate surface area is 187 Å². The Morgan fingerprint density at radius 3 is 2.56 bits per heavy atom. The van der Waals surface area contributed by atoms with Crippen molar-refractivity contribution in [3.8, 4) is 0 Å². The number of ketones is 1. The zero-order valence-electron chi connectivity index (χ0n) is 18.3. The van der Waals surface area contributed by atoms with E-state index in [1.807, 2.05) is 18.2 Å². The summed E-state index contributed by atoms with van der Waals surface area (Å²) < 4.78 is 5.74. The predicted molar refractivity (Wildman–Crippen MR) is 121 cm³/mol. The number of aliphatic hydroxyl groups is 1. The van der Waals surface area contributed by atoms with Crippen LogP contribution in [-0.4, -0.2) is 57.8 Å². The van der Waals surface area contributed by atoms with Crippen LogP contribution in [0, 0.1) is 0 Å². The molecule has 1 aliphatic heterocycles. The van der Waals surface area contributed by atoms with Crippen LogP contribution in [-0.2, 0) is 4.79 Å². The van der Waals surface area contributed by atoms with Crippen LogP contribution < -0.4 is 0 Å². The van der Waals surface area contributed by atoms with Crippen molar-refractivity contribution in [1.29, 1.82) is 0 Å². The Morgan fingerprint density at radius 2 is 1.88 bits per heavy atom. The first-order chi connectivity index (χ1) is 15.5. The summed E-state index contributed by atoms with van der Waals surface area (Å²) in [5.74, 6) is -1.43. The summed E-state index contributed by atoms with van der Waals surface area (Å²) in [6.45, 7) is 7.30. The molecule has 0 aliphatic carbocycles. The normalized spacial score (nSPS) is 16.5. The van der Waals surface area contributed by atoms with Crippen LogP contribution in [0.4, 0.5) is 0 Å². The fourth-order valence-corrected chi connectivity index (χ4v) is 4.24. The monoisotopic (exact) mass is 433 g/mol. The molecule has 0 saturated heterocycles. The molecule has 7 heteroatoms. The standard InChI is InChI=1S/C25H27N3O4/c1-3-27(4-2)14-7-15-28-22(17-10-12-26-13-11-17)21(24(30)25(28)31)23(29)20-16-18-8-5-6-9-19(18)32-20/h5-6,8-13,16,22,30H,3-4,7,14-15H2,1-2H3/t22-/m0/s1. The number of benzene rings is 1. The Hall–Kier alpha value is -3.45. The van der Waals surface area contributed by atoms with E-state index >= 15 is 0 Å². The number of rotatable bonds is 9. The van der Waals surface area contributed by atoms with Gasteiger partial charge in [0.2, 0.25) is 5.78 Å². The molecule has 0 saturated carbocycles. The van der Waals surface area contributed by atoms with E-state index in [1.165, 1.54) is 0 Å². The van der Waals surface area contributed by atoms with Crippen molar-refractivity contribution in [1.82, 2.24) is 14.8 Å². The predicted octanol–water partition coefficient (Wildman–Crippen LogP) is 4.14. The molecule has 4 rings (SSSR count). The van der Waals surface area contributed by atoms with E-state index in [1.54, 1.807) is 41.6 Å². The van der Waals surface area contributed by atoms with E-state index in [0.717, 1.165) is 37.0 Å². The van der Waals surface area contributed by atoms with Crippen molar-refractivity contribution in [2.75, 3.05) is 26.2 Å². The van der Waals surface area contributed by atoms with Crippen LogP contribution in [0.25, 0.3) is 11.0 Å². The highest BCUT2D eigenvalue weighted by atomic mass is 16.3. The van der Waals surface area contributed by atoms with Crippen molar-refractivity contribution in [2.24, 2.45) is 0 Å². The van der Waals surface area contributed by atoms with Crippen molar-refractivity contribution in [3.63, 3.8) is 0 Å². The minimum atomic E-state index is -0.692. The molecule has 0 spiro atoms. The number of carbonyl (C=O) groups is 2. The number of aliphatic hydroxyl groups excluding tert-OH is 1. The highest BCUT2D eigenvalue weighted by Gasteiger charge is 2.44. The quantitative estimate of drug-likeness (QED) is 0.511. The number of Topliss-reactive ketones (excluding diaryl/α,β-unsaturated/α-hetero) is 1. The van der Waals surface area contributed by atoms with Gasteiger partial charge in [0.25, 0.3) is 5.91 Å². The molecule has 0 bridgehead atoms. The first-order valence-corrected chi connectivity index (χ1v) is 10.9. The van der Waals surface area contributed by atoms with Gasteiger partial charge < -0.3 is 19.3 Å². The van der Waals surface area contributed by atoms with Crippen LogP contribution in [0.5, 0.6) is 0 Å². The average Bonchev–Trinajstić information content (AvgIpc) is 3.37. The zero-order chi connectivity index (χ0) is 22.7. The third kappa shape index (κ3) is 4.03. The molecular formula is C25H27N3O4. The van der Waals surface area contributed by atoms with E-state index in [2.05, 4.69) is 23.7 Å². The summed E-state index contributed by atoms with van der Waals surface area (Å²) in [4.78, 5) is 34.4. The maximum atomic E-state index is 13.5. The topological polar surface area (TPSA) is 86.9 Å². The molecule has 1 amide bonds. The zero-order valence-corrected chi connectivity index (χ0v) is 18.3. The van der Waals surface area contributed by atoms with Crippen molar-refractivity contribution in [2.45, 2.75) is 26.3 Å². The molecule has 1 aromatic carbocycles. The average molecular weight is 434 g/mol. The number of fused-ring (bicyclic) bond motifs is 1. The van der Waals surface area contributed by atoms with Gasteiger partial charge in [-0.3, -0.25) is 14.6 Å². The van der Waals surface area contributed by atoms with Gasteiger partial charge in [-0.2, -0.15) is 0 Å². The number of furan rings is 1. The minimum Gasteiger partial charge on any atom is -0.503 e. The van der Waals surface area contributed by atoms with Gasteiger partial charge in [0.15, 0.2) is 11.5 Å². The summed E-state index contributed by atoms with van der Waals surface area (Å²) in [6, 6.07) is 11.8. The van der Waals surface area contributed by atoms with E-state index in [-0.39, 0.29) is 11.3 Å². The van der Waals surface area contributed by atoms with Crippen LogP contribution in [0.1, 0.15) is 42.4 Å². The third-order valence-electron chi connectivity index (χ3n) is 5.99. The second-order valence-corrected chi connectivity index (χ2v) is 7.80. The largest absolute Gasteiger partial charge is 0.503 e. The first-order valence-electron chi connectivity index (χ1n) is 10.9. The van der Waals surface area contributed by atoms with Gasteiger partial charge in [0.1, 0.15) is 5.58 Å². The van der Waals surface area contributed by atoms with Gasteiger partial charge in [-0.25, -0.2) is 0 Å². The van der Waals surface area contributed by atoms with Crippen LogP contribution in [0.3, 0.4) is 0 Å². The smallest absolute Gasteiger partial charge is 0.290 e. The van der Waals surface area contributed by atoms with Crippen LogP contribution in [0.15, 0.2) is 70.6 Å². The fourth-order valence-electron chi connectivity index (χ4n) is 4.24. The Bertz CT molecular complexity index is 1120. The lowest BCUT2D eigenvalue weighted by atomic mass is 9.95. The van der Waals surface area contributed by atoms with E-state index in [0.29, 0.717) is 12.1 Å².